The van der Waals surface area contributed by atoms with Crippen molar-refractivity contribution in [1.29, 1.82) is 0 Å². The molecule has 0 unspecified atom stereocenters. The molecule has 1 saturated heterocycles. The number of hydrogen-bond acceptors (Lipinski definition) is 6. The van der Waals surface area contributed by atoms with Crippen LogP contribution in [0.15, 0.2) is 48.5 Å². The van der Waals surface area contributed by atoms with Crippen molar-refractivity contribution >= 4 is 27.5 Å². The number of carbonyl (C=O) groups is 1. The third-order valence-electron chi connectivity index (χ3n) is 7.78. The lowest BCUT2D eigenvalue weighted by atomic mass is 9.99. The summed E-state index contributed by atoms with van der Waals surface area (Å²) in [4.78, 5) is 14.8. The molecule has 9 nitrogen and oxygen atoms in total. The average Bonchev–Trinajstić information content (AvgIpc) is 3.34. The lowest BCUT2D eigenvalue weighted by Gasteiger charge is -2.27. The monoisotopic (exact) mass is 599 g/mol. The maximum absolute atomic E-state index is 12.4. The summed E-state index contributed by atoms with van der Waals surface area (Å²) in [6.45, 7) is 6.53. The van der Waals surface area contributed by atoms with Crippen molar-refractivity contribution in [3.8, 4) is 11.3 Å². The van der Waals surface area contributed by atoms with Gasteiger partial charge in [0, 0.05) is 79.6 Å². The second kappa shape index (κ2) is 13.5. The fourth-order valence-corrected chi connectivity index (χ4v) is 6.52. The van der Waals surface area contributed by atoms with Crippen LogP contribution in [0.3, 0.4) is 0 Å². The van der Waals surface area contributed by atoms with Gasteiger partial charge in [0.15, 0.2) is 0 Å². The van der Waals surface area contributed by atoms with Gasteiger partial charge in [-0.05, 0) is 49.1 Å². The summed E-state index contributed by atoms with van der Waals surface area (Å²) < 4.78 is 33.9. The highest BCUT2D eigenvalue weighted by atomic mass is 35.5. The van der Waals surface area contributed by atoms with E-state index in [2.05, 4.69) is 21.0 Å². The van der Waals surface area contributed by atoms with Crippen molar-refractivity contribution in [1.82, 2.24) is 24.3 Å². The fraction of sp³-hybridized carbons (Fsp3) is 0.467. The molecule has 0 bridgehead atoms. The van der Waals surface area contributed by atoms with Crippen molar-refractivity contribution in [3.05, 3.63) is 75.9 Å². The molecule has 1 N–H and O–H groups in total. The lowest BCUT2D eigenvalue weighted by Crippen LogP contribution is -2.37. The van der Waals surface area contributed by atoms with Gasteiger partial charge in [-0.1, -0.05) is 35.9 Å². The number of rotatable bonds is 11. The zero-order valence-corrected chi connectivity index (χ0v) is 25.1. The molecule has 1 fully saturated rings. The SMILES string of the molecule is CS(=O)(=O)N1CCc2c(c(-c3ccc(Cl)c(CCCNC(=O)c4ccccc4)c3)nn2CCCN2CCOCC2)C1. The molecule has 0 aliphatic carbocycles. The Morgan fingerprint density at radius 2 is 1.83 bits per heavy atom. The van der Waals surface area contributed by atoms with Gasteiger partial charge < -0.3 is 10.1 Å². The smallest absolute Gasteiger partial charge is 0.251 e. The number of ether oxygens (including phenoxy) is 1. The van der Waals surface area contributed by atoms with E-state index in [0.29, 0.717) is 43.1 Å². The van der Waals surface area contributed by atoms with E-state index in [1.54, 1.807) is 12.1 Å². The van der Waals surface area contributed by atoms with Crippen LogP contribution in [0.5, 0.6) is 0 Å². The Bertz CT molecular complexity index is 1460. The molecule has 3 heterocycles. The number of halogens is 1. The quantitative estimate of drug-likeness (QED) is 0.338. The predicted octanol–water partition coefficient (Wildman–Crippen LogP) is 3.61. The molecule has 2 aliphatic rings. The number of aromatic nitrogens is 2. The van der Waals surface area contributed by atoms with Crippen LogP contribution in [0.2, 0.25) is 5.02 Å². The minimum atomic E-state index is -3.32. The molecule has 5 rings (SSSR count). The van der Waals surface area contributed by atoms with Crippen LogP contribution in [0.1, 0.15) is 40.0 Å². The molecule has 2 aliphatic heterocycles. The van der Waals surface area contributed by atoms with Gasteiger partial charge in [-0.25, -0.2) is 8.42 Å². The first kappa shape index (κ1) is 29.7. The molecular weight excluding hydrogens is 562 g/mol. The topological polar surface area (TPSA) is 96.8 Å². The van der Waals surface area contributed by atoms with E-state index in [-0.39, 0.29) is 5.91 Å². The molecule has 2 aromatic carbocycles. The highest BCUT2D eigenvalue weighted by Gasteiger charge is 2.30. The summed E-state index contributed by atoms with van der Waals surface area (Å²) in [5.74, 6) is -0.0910. The Hall–Kier alpha value is -2.76. The standard InChI is InChI=1S/C30H38ClN5O4S/c1-41(38,39)35-16-12-28-26(22-35)29(33-36(28)15-6-14-34-17-19-40-20-18-34)25-10-11-27(31)24(21-25)9-5-13-32-30(37)23-7-3-2-4-8-23/h2-4,7-8,10-11,21H,5-6,9,12-20,22H2,1H3,(H,32,37). The zero-order valence-electron chi connectivity index (χ0n) is 23.5. The number of fused-ring (bicyclic) bond motifs is 1. The minimum Gasteiger partial charge on any atom is -0.379 e. The first-order valence-corrected chi connectivity index (χ1v) is 16.5. The van der Waals surface area contributed by atoms with Gasteiger partial charge in [0.1, 0.15) is 0 Å². The van der Waals surface area contributed by atoms with Crippen LogP contribution >= 0.6 is 11.6 Å². The number of nitrogens with zero attached hydrogens (tertiary/aromatic N) is 4. The highest BCUT2D eigenvalue weighted by molar-refractivity contribution is 7.88. The number of sulfonamides is 1. The van der Waals surface area contributed by atoms with Gasteiger partial charge in [0.25, 0.3) is 5.91 Å². The van der Waals surface area contributed by atoms with E-state index < -0.39 is 10.0 Å². The van der Waals surface area contributed by atoms with E-state index in [9.17, 15) is 13.2 Å². The molecule has 0 spiro atoms. The van der Waals surface area contributed by atoms with Crippen LogP contribution in [-0.4, -0.2) is 85.5 Å². The summed E-state index contributed by atoms with van der Waals surface area (Å²) in [5, 5.41) is 8.67. The predicted molar refractivity (Wildman–Crippen MR) is 161 cm³/mol. The van der Waals surface area contributed by atoms with Crippen molar-refractivity contribution in [3.63, 3.8) is 0 Å². The van der Waals surface area contributed by atoms with Gasteiger partial charge in [-0.15, -0.1) is 0 Å². The summed E-state index contributed by atoms with van der Waals surface area (Å²) >= 11 is 6.58. The zero-order chi connectivity index (χ0) is 28.8. The van der Waals surface area contributed by atoms with Crippen LogP contribution < -0.4 is 5.32 Å². The molecule has 0 radical (unpaired) electrons. The third-order valence-corrected chi connectivity index (χ3v) is 9.40. The van der Waals surface area contributed by atoms with Gasteiger partial charge >= 0.3 is 0 Å². The molecule has 0 saturated carbocycles. The summed E-state index contributed by atoms with van der Waals surface area (Å²) in [7, 11) is -3.32. The van der Waals surface area contributed by atoms with Crippen molar-refractivity contribution < 1.29 is 17.9 Å². The van der Waals surface area contributed by atoms with Crippen molar-refractivity contribution in [2.45, 2.75) is 38.8 Å². The Morgan fingerprint density at radius 1 is 1.05 bits per heavy atom. The number of nitrogens with one attached hydrogen (secondary N) is 1. The number of morpholine rings is 1. The summed E-state index contributed by atoms with van der Waals surface area (Å²) in [5.41, 5.74) is 5.44. The van der Waals surface area contributed by atoms with E-state index in [4.69, 9.17) is 21.4 Å². The van der Waals surface area contributed by atoms with Crippen LogP contribution in [0.4, 0.5) is 0 Å². The van der Waals surface area contributed by atoms with E-state index in [1.165, 1.54) is 10.6 Å². The maximum atomic E-state index is 12.4. The Balaban J connectivity index is 1.31. The largest absolute Gasteiger partial charge is 0.379 e. The van der Waals surface area contributed by atoms with Gasteiger partial charge in [-0.3, -0.25) is 14.4 Å². The molecule has 41 heavy (non-hydrogen) atoms. The van der Waals surface area contributed by atoms with E-state index >= 15 is 0 Å². The fourth-order valence-electron chi connectivity index (χ4n) is 5.52. The Kier molecular flexibility index (Phi) is 9.77. The number of carbonyl (C=O) groups excluding carboxylic acids is 1. The van der Waals surface area contributed by atoms with Crippen molar-refractivity contribution in [2.75, 3.05) is 52.2 Å². The molecule has 3 aromatic rings. The minimum absolute atomic E-state index is 0.0910. The first-order valence-electron chi connectivity index (χ1n) is 14.3. The van der Waals surface area contributed by atoms with E-state index in [0.717, 1.165) is 80.3 Å². The summed E-state index contributed by atoms with van der Waals surface area (Å²) in [6, 6.07) is 15.1. The molecule has 1 amide bonds. The normalized spacial score (nSPS) is 16.4. The Labute approximate surface area is 247 Å². The maximum Gasteiger partial charge on any atom is 0.251 e. The van der Waals surface area contributed by atoms with Gasteiger partial charge in [-0.2, -0.15) is 9.40 Å². The first-order chi connectivity index (χ1) is 19.8. The van der Waals surface area contributed by atoms with Gasteiger partial charge in [0.05, 0.1) is 25.2 Å². The number of hydrogen-bond donors (Lipinski definition) is 1. The van der Waals surface area contributed by atoms with Crippen LogP contribution in [0, 0.1) is 0 Å². The molecule has 11 heteroatoms. The number of benzene rings is 2. The highest BCUT2D eigenvalue weighted by Crippen LogP contribution is 2.33. The molecule has 0 atom stereocenters. The van der Waals surface area contributed by atoms with E-state index in [1.807, 2.05) is 30.3 Å². The summed E-state index contributed by atoms with van der Waals surface area (Å²) in [6.07, 6.45) is 4.29. The second-order valence-electron chi connectivity index (χ2n) is 10.7. The molecular formula is C30H38ClN5O4S. The number of aryl methyl sites for hydroxylation is 2. The van der Waals surface area contributed by atoms with Crippen LogP contribution in [-0.2, 0) is 40.7 Å². The third kappa shape index (κ3) is 7.55. The number of amides is 1. The van der Waals surface area contributed by atoms with Gasteiger partial charge in [0.2, 0.25) is 10.0 Å². The Morgan fingerprint density at radius 3 is 2.59 bits per heavy atom. The molecule has 220 valence electrons. The lowest BCUT2D eigenvalue weighted by molar-refractivity contribution is 0.0368. The second-order valence-corrected chi connectivity index (χ2v) is 13.1. The van der Waals surface area contributed by atoms with Crippen LogP contribution in [0.25, 0.3) is 11.3 Å². The molecule has 1 aromatic heterocycles. The van der Waals surface area contributed by atoms with Crippen molar-refractivity contribution in [2.24, 2.45) is 0 Å². The average molecular weight is 600 g/mol.